The van der Waals surface area contributed by atoms with E-state index in [0.29, 0.717) is 0 Å². The Labute approximate surface area is 112 Å². The smallest absolute Gasteiger partial charge is 0.0662 e. The van der Waals surface area contributed by atoms with Gasteiger partial charge in [0.1, 0.15) is 0 Å². The van der Waals surface area contributed by atoms with Crippen LogP contribution in [0.25, 0.3) is 0 Å². The second-order valence-electron chi connectivity index (χ2n) is 3.68. The minimum absolute atomic E-state index is 0.818. The Morgan fingerprint density at radius 1 is 1.38 bits per heavy atom. The first-order valence-corrected chi connectivity index (χ1v) is 6.94. The molecule has 0 bridgehead atoms. The van der Waals surface area contributed by atoms with Crippen molar-refractivity contribution in [3.63, 3.8) is 0 Å². The third kappa shape index (κ3) is 2.55. The third-order valence-corrected chi connectivity index (χ3v) is 3.67. The van der Waals surface area contributed by atoms with E-state index in [2.05, 4.69) is 56.0 Å². The third-order valence-electron chi connectivity index (χ3n) is 2.57. The summed E-state index contributed by atoms with van der Waals surface area (Å²) in [5, 5.41) is 5.24. The van der Waals surface area contributed by atoms with Crippen LogP contribution in [0, 0.1) is 6.92 Å². The van der Waals surface area contributed by atoms with Crippen molar-refractivity contribution in [2.75, 3.05) is 0 Å². The zero-order valence-electron chi connectivity index (χ0n) is 8.95. The largest absolute Gasteiger partial charge is 0.265 e. The van der Waals surface area contributed by atoms with Crippen LogP contribution in [0.15, 0.2) is 34.9 Å². The SMILES string of the molecule is Cc1c(CBr)cnn1Cc1cccc(Br)c1. The van der Waals surface area contributed by atoms with E-state index in [0.717, 1.165) is 16.3 Å². The Morgan fingerprint density at radius 2 is 2.19 bits per heavy atom. The molecule has 0 aliphatic heterocycles. The second kappa shape index (κ2) is 5.15. The second-order valence-corrected chi connectivity index (χ2v) is 5.15. The molecule has 16 heavy (non-hydrogen) atoms. The molecule has 0 aliphatic carbocycles. The fraction of sp³-hybridized carbons (Fsp3) is 0.250. The van der Waals surface area contributed by atoms with Crippen LogP contribution < -0.4 is 0 Å². The Morgan fingerprint density at radius 3 is 2.81 bits per heavy atom. The molecule has 84 valence electrons. The van der Waals surface area contributed by atoms with Crippen molar-refractivity contribution in [1.82, 2.24) is 9.78 Å². The van der Waals surface area contributed by atoms with Crippen LogP contribution in [0.5, 0.6) is 0 Å². The highest BCUT2D eigenvalue weighted by Gasteiger charge is 2.05. The number of alkyl halides is 1. The average Bonchev–Trinajstić information content (AvgIpc) is 2.60. The number of rotatable bonds is 3. The lowest BCUT2D eigenvalue weighted by molar-refractivity contribution is 0.664. The number of hydrogen-bond donors (Lipinski definition) is 0. The van der Waals surface area contributed by atoms with Crippen LogP contribution >= 0.6 is 31.9 Å². The summed E-state index contributed by atoms with van der Waals surface area (Å²) in [5.74, 6) is 0. The van der Waals surface area contributed by atoms with Crippen LogP contribution in [0.3, 0.4) is 0 Å². The molecule has 0 amide bonds. The van der Waals surface area contributed by atoms with Gasteiger partial charge in [-0.1, -0.05) is 44.0 Å². The standard InChI is InChI=1S/C12H12Br2N2/c1-9-11(6-13)7-15-16(9)8-10-3-2-4-12(14)5-10/h2-5,7H,6,8H2,1H3. The maximum absolute atomic E-state index is 4.38. The van der Waals surface area contributed by atoms with E-state index >= 15 is 0 Å². The summed E-state index contributed by atoms with van der Waals surface area (Å²) in [6.07, 6.45) is 1.92. The lowest BCUT2D eigenvalue weighted by Crippen LogP contribution is -2.03. The normalized spacial score (nSPS) is 10.7. The molecule has 0 saturated carbocycles. The summed E-state index contributed by atoms with van der Waals surface area (Å²) in [7, 11) is 0. The molecule has 0 N–H and O–H groups in total. The lowest BCUT2D eigenvalue weighted by atomic mass is 10.2. The van der Waals surface area contributed by atoms with Crippen molar-refractivity contribution in [3.05, 3.63) is 51.8 Å². The van der Waals surface area contributed by atoms with Crippen molar-refractivity contribution in [1.29, 1.82) is 0 Å². The van der Waals surface area contributed by atoms with Crippen LogP contribution in [0.2, 0.25) is 0 Å². The highest BCUT2D eigenvalue weighted by molar-refractivity contribution is 9.10. The predicted molar refractivity (Wildman–Crippen MR) is 72.8 cm³/mol. The number of aromatic nitrogens is 2. The topological polar surface area (TPSA) is 17.8 Å². The van der Waals surface area contributed by atoms with Gasteiger partial charge in [-0.3, -0.25) is 4.68 Å². The maximum atomic E-state index is 4.38. The summed E-state index contributed by atoms with van der Waals surface area (Å²) in [4.78, 5) is 0. The number of halogens is 2. The molecule has 0 unspecified atom stereocenters. The molecule has 2 nitrogen and oxygen atoms in total. The molecule has 0 radical (unpaired) electrons. The van der Waals surface area contributed by atoms with Gasteiger partial charge in [0, 0.05) is 21.1 Å². The monoisotopic (exact) mass is 342 g/mol. The van der Waals surface area contributed by atoms with Crippen LogP contribution in [-0.2, 0) is 11.9 Å². The highest BCUT2D eigenvalue weighted by Crippen LogP contribution is 2.15. The van der Waals surface area contributed by atoms with Crippen molar-refractivity contribution in [2.45, 2.75) is 18.8 Å². The number of hydrogen-bond acceptors (Lipinski definition) is 1. The van der Waals surface area contributed by atoms with Crippen molar-refractivity contribution >= 4 is 31.9 Å². The summed E-state index contributed by atoms with van der Waals surface area (Å²) in [6, 6.07) is 8.31. The van der Waals surface area contributed by atoms with E-state index in [1.165, 1.54) is 16.8 Å². The van der Waals surface area contributed by atoms with E-state index in [-0.39, 0.29) is 0 Å². The molecular weight excluding hydrogens is 332 g/mol. The first kappa shape index (κ1) is 11.9. The minimum Gasteiger partial charge on any atom is -0.265 e. The van der Waals surface area contributed by atoms with E-state index < -0.39 is 0 Å². The maximum Gasteiger partial charge on any atom is 0.0662 e. The first-order chi connectivity index (χ1) is 7.70. The van der Waals surface area contributed by atoms with Gasteiger partial charge in [0.25, 0.3) is 0 Å². The van der Waals surface area contributed by atoms with E-state index in [9.17, 15) is 0 Å². The Balaban J connectivity index is 2.24. The quantitative estimate of drug-likeness (QED) is 0.773. The summed E-state index contributed by atoms with van der Waals surface area (Å²) < 4.78 is 3.13. The Kier molecular flexibility index (Phi) is 3.82. The minimum atomic E-state index is 0.818. The van der Waals surface area contributed by atoms with Gasteiger partial charge in [-0.2, -0.15) is 5.10 Å². The van der Waals surface area contributed by atoms with Crippen LogP contribution in [0.1, 0.15) is 16.8 Å². The summed E-state index contributed by atoms with van der Waals surface area (Å²) >= 11 is 6.93. The van der Waals surface area contributed by atoms with Gasteiger partial charge in [0.15, 0.2) is 0 Å². The van der Waals surface area contributed by atoms with E-state index in [1.807, 2.05) is 23.0 Å². The summed E-state index contributed by atoms with van der Waals surface area (Å²) in [6.45, 7) is 2.92. The molecule has 0 fully saturated rings. The average molecular weight is 344 g/mol. The van der Waals surface area contributed by atoms with Crippen LogP contribution in [-0.4, -0.2) is 9.78 Å². The molecule has 0 aliphatic rings. The zero-order valence-corrected chi connectivity index (χ0v) is 12.1. The Hall–Kier alpha value is -0.610. The van der Waals surface area contributed by atoms with E-state index in [4.69, 9.17) is 0 Å². The van der Waals surface area contributed by atoms with Gasteiger partial charge >= 0.3 is 0 Å². The van der Waals surface area contributed by atoms with Gasteiger partial charge in [-0.15, -0.1) is 0 Å². The molecule has 2 rings (SSSR count). The molecule has 1 heterocycles. The fourth-order valence-corrected chi connectivity index (χ4v) is 2.58. The van der Waals surface area contributed by atoms with Gasteiger partial charge in [0.05, 0.1) is 12.7 Å². The highest BCUT2D eigenvalue weighted by atomic mass is 79.9. The molecule has 2 aromatic rings. The van der Waals surface area contributed by atoms with Crippen molar-refractivity contribution < 1.29 is 0 Å². The van der Waals surface area contributed by atoms with Gasteiger partial charge in [-0.05, 0) is 24.6 Å². The van der Waals surface area contributed by atoms with Crippen LogP contribution in [0.4, 0.5) is 0 Å². The first-order valence-electron chi connectivity index (χ1n) is 5.02. The number of nitrogens with zero attached hydrogens (tertiary/aromatic N) is 2. The summed E-state index contributed by atoms with van der Waals surface area (Å²) in [5.41, 5.74) is 3.72. The van der Waals surface area contributed by atoms with E-state index in [1.54, 1.807) is 0 Å². The van der Waals surface area contributed by atoms with Gasteiger partial charge in [0.2, 0.25) is 0 Å². The zero-order chi connectivity index (χ0) is 11.5. The Bertz CT molecular complexity index is 492. The molecule has 0 spiro atoms. The van der Waals surface area contributed by atoms with Crippen molar-refractivity contribution in [3.8, 4) is 0 Å². The molecule has 0 saturated heterocycles. The lowest BCUT2D eigenvalue weighted by Gasteiger charge is -2.05. The molecule has 0 atom stereocenters. The molecule has 1 aromatic heterocycles. The van der Waals surface area contributed by atoms with Crippen molar-refractivity contribution in [2.24, 2.45) is 0 Å². The predicted octanol–water partition coefficient (Wildman–Crippen LogP) is 3.90. The fourth-order valence-electron chi connectivity index (χ4n) is 1.58. The number of benzene rings is 1. The molecule has 1 aromatic carbocycles. The van der Waals surface area contributed by atoms with Gasteiger partial charge in [-0.25, -0.2) is 0 Å². The molecular formula is C12H12Br2N2. The van der Waals surface area contributed by atoms with Gasteiger partial charge < -0.3 is 0 Å². The molecule has 4 heteroatoms.